The van der Waals surface area contributed by atoms with Crippen molar-refractivity contribution >= 4 is 23.5 Å². The van der Waals surface area contributed by atoms with Crippen molar-refractivity contribution in [3.63, 3.8) is 0 Å². The van der Waals surface area contributed by atoms with E-state index in [0.717, 1.165) is 5.56 Å². The smallest absolute Gasteiger partial charge is 0.326 e. The molecule has 2 saturated heterocycles. The number of nitrogens with one attached hydrogen (secondary N) is 1. The number of anilines is 1. The van der Waals surface area contributed by atoms with Crippen molar-refractivity contribution in [3.8, 4) is 0 Å². The molecule has 2 aliphatic rings. The van der Waals surface area contributed by atoms with E-state index in [0.29, 0.717) is 17.9 Å². The lowest BCUT2D eigenvalue weighted by Gasteiger charge is -2.31. The highest BCUT2D eigenvalue weighted by Gasteiger charge is 2.68. The van der Waals surface area contributed by atoms with E-state index >= 15 is 0 Å². The first-order valence-electron chi connectivity index (χ1n) is 9.28. The van der Waals surface area contributed by atoms with E-state index in [2.05, 4.69) is 5.32 Å². The number of hydrogen-bond acceptors (Lipinski definition) is 6. The lowest BCUT2D eigenvalue weighted by atomic mass is 9.78. The zero-order valence-electron chi connectivity index (χ0n) is 16.0. The van der Waals surface area contributed by atoms with E-state index in [1.165, 1.54) is 18.3 Å². The second kappa shape index (κ2) is 6.60. The van der Waals surface area contributed by atoms with Gasteiger partial charge in [0.1, 0.15) is 11.3 Å². The summed E-state index contributed by atoms with van der Waals surface area (Å²) in [6.45, 7) is 3.74. The predicted molar refractivity (Wildman–Crippen MR) is 100 cm³/mol. The summed E-state index contributed by atoms with van der Waals surface area (Å²) in [6.07, 6.45) is 1.81. The molecule has 7 heteroatoms. The van der Waals surface area contributed by atoms with E-state index in [1.54, 1.807) is 31.2 Å². The number of hydrogen-bond donors (Lipinski definition) is 1. The Morgan fingerprint density at radius 2 is 1.93 bits per heavy atom. The van der Waals surface area contributed by atoms with Gasteiger partial charge in [0, 0.05) is 0 Å². The highest BCUT2D eigenvalue weighted by atomic mass is 16.5. The Morgan fingerprint density at radius 3 is 2.50 bits per heavy atom. The van der Waals surface area contributed by atoms with E-state index in [-0.39, 0.29) is 5.91 Å². The number of nitrogens with zero attached hydrogens (tertiary/aromatic N) is 1. The van der Waals surface area contributed by atoms with Crippen LogP contribution in [0, 0.1) is 18.8 Å². The summed E-state index contributed by atoms with van der Waals surface area (Å²) in [6, 6.07) is 10.0. The molecule has 4 rings (SSSR count). The molecule has 2 aromatic rings. The zero-order valence-corrected chi connectivity index (χ0v) is 16.0. The Kier molecular flexibility index (Phi) is 4.34. The van der Waals surface area contributed by atoms with Crippen LogP contribution < -0.4 is 10.2 Å². The van der Waals surface area contributed by atoms with Crippen molar-refractivity contribution in [3.05, 3.63) is 54.0 Å². The van der Waals surface area contributed by atoms with Crippen LogP contribution in [-0.2, 0) is 19.1 Å². The number of imide groups is 1. The van der Waals surface area contributed by atoms with Crippen LogP contribution in [0.3, 0.4) is 0 Å². The molecule has 0 bridgehead atoms. The molecule has 1 aromatic carbocycles. The maximum absolute atomic E-state index is 13.4. The SMILES string of the molecule is CC[C@]1(C(=O)OC)N[C@@H](c2ccco2)[C@H]2C(=O)N(c3ccc(C)cc3)C(=O)[C@@H]21. The van der Waals surface area contributed by atoms with E-state index in [4.69, 9.17) is 9.15 Å². The predicted octanol–water partition coefficient (Wildman–Crippen LogP) is 2.36. The van der Waals surface area contributed by atoms with Gasteiger partial charge in [0.2, 0.25) is 11.8 Å². The first kappa shape index (κ1) is 18.4. The number of benzene rings is 1. The van der Waals surface area contributed by atoms with Gasteiger partial charge < -0.3 is 9.15 Å². The summed E-state index contributed by atoms with van der Waals surface area (Å²) >= 11 is 0. The molecule has 146 valence electrons. The van der Waals surface area contributed by atoms with E-state index in [1.807, 2.05) is 19.1 Å². The fourth-order valence-electron chi connectivity index (χ4n) is 4.50. The van der Waals surface area contributed by atoms with Crippen molar-refractivity contribution in [1.82, 2.24) is 5.32 Å². The number of methoxy groups -OCH3 is 1. The first-order chi connectivity index (χ1) is 13.4. The van der Waals surface area contributed by atoms with Crippen LogP contribution in [0.4, 0.5) is 5.69 Å². The van der Waals surface area contributed by atoms with Gasteiger partial charge in [0.15, 0.2) is 0 Å². The average molecular weight is 382 g/mol. The molecule has 7 nitrogen and oxygen atoms in total. The van der Waals surface area contributed by atoms with Gasteiger partial charge in [0.05, 0.1) is 36.9 Å². The second-order valence-electron chi connectivity index (χ2n) is 7.30. The Balaban J connectivity index is 1.84. The first-order valence-corrected chi connectivity index (χ1v) is 9.28. The quantitative estimate of drug-likeness (QED) is 0.645. The number of carbonyl (C=O) groups is 3. The summed E-state index contributed by atoms with van der Waals surface area (Å²) in [5.74, 6) is -2.39. The molecule has 0 unspecified atom stereocenters. The maximum atomic E-state index is 13.4. The Hall–Kier alpha value is -2.93. The molecule has 28 heavy (non-hydrogen) atoms. The molecule has 0 saturated carbocycles. The van der Waals surface area contributed by atoms with Gasteiger partial charge in [-0.05, 0) is 37.6 Å². The highest BCUT2D eigenvalue weighted by molar-refractivity contribution is 6.24. The summed E-state index contributed by atoms with van der Waals surface area (Å²) in [7, 11) is 1.29. The normalized spacial score (nSPS) is 29.2. The topological polar surface area (TPSA) is 88.8 Å². The number of fused-ring (bicyclic) bond motifs is 1. The van der Waals surface area contributed by atoms with Gasteiger partial charge >= 0.3 is 5.97 Å². The Bertz CT molecular complexity index is 921. The Labute approximate surface area is 162 Å². The number of furan rings is 1. The minimum absolute atomic E-state index is 0.304. The molecule has 2 aliphatic heterocycles. The second-order valence-corrected chi connectivity index (χ2v) is 7.30. The van der Waals surface area contributed by atoms with Gasteiger partial charge in [0.25, 0.3) is 0 Å². The van der Waals surface area contributed by atoms with Crippen molar-refractivity contribution in [2.24, 2.45) is 11.8 Å². The fourth-order valence-corrected chi connectivity index (χ4v) is 4.50. The highest BCUT2D eigenvalue weighted by Crippen LogP contribution is 2.51. The zero-order chi connectivity index (χ0) is 20.1. The number of aryl methyl sites for hydroxylation is 1. The van der Waals surface area contributed by atoms with Gasteiger partial charge in [-0.25, -0.2) is 4.90 Å². The summed E-state index contributed by atoms with van der Waals surface area (Å²) < 4.78 is 10.5. The van der Waals surface area contributed by atoms with Crippen molar-refractivity contribution in [2.75, 3.05) is 12.0 Å². The molecule has 0 spiro atoms. The number of carbonyl (C=O) groups excluding carboxylic acids is 3. The molecule has 1 aromatic heterocycles. The molecule has 0 aliphatic carbocycles. The van der Waals surface area contributed by atoms with Gasteiger partial charge in [-0.3, -0.25) is 19.7 Å². The van der Waals surface area contributed by atoms with E-state index < -0.39 is 35.3 Å². The third-order valence-corrected chi connectivity index (χ3v) is 5.90. The minimum atomic E-state index is -1.29. The van der Waals surface area contributed by atoms with Crippen LogP contribution in [-0.4, -0.2) is 30.4 Å². The van der Waals surface area contributed by atoms with Gasteiger partial charge in [-0.15, -0.1) is 0 Å². The summed E-state index contributed by atoms with van der Waals surface area (Å²) in [4.78, 5) is 40.8. The number of rotatable bonds is 4. The number of amides is 2. The minimum Gasteiger partial charge on any atom is -0.468 e. The largest absolute Gasteiger partial charge is 0.468 e. The van der Waals surface area contributed by atoms with E-state index in [9.17, 15) is 14.4 Å². The molecule has 2 amide bonds. The third kappa shape index (κ3) is 2.43. The Morgan fingerprint density at radius 1 is 1.21 bits per heavy atom. The standard InChI is InChI=1S/C21H22N2O5/c1-4-21(20(26)27-3)16-15(17(22-21)14-6-5-11-28-14)18(24)23(19(16)25)13-9-7-12(2)8-10-13/h5-11,15-17,22H,4H2,1-3H3/t15-,16+,17-,21-/m0/s1. The van der Waals surface area contributed by atoms with Crippen LogP contribution >= 0.6 is 0 Å². The third-order valence-electron chi connectivity index (χ3n) is 5.90. The number of ether oxygens (including phenoxy) is 1. The maximum Gasteiger partial charge on any atom is 0.326 e. The van der Waals surface area contributed by atoms with Crippen molar-refractivity contribution < 1.29 is 23.5 Å². The summed E-state index contributed by atoms with van der Waals surface area (Å²) in [5, 5.41) is 3.21. The van der Waals surface area contributed by atoms with Crippen LogP contribution in [0.2, 0.25) is 0 Å². The lowest BCUT2D eigenvalue weighted by molar-refractivity contribution is -0.152. The molecule has 1 N–H and O–H groups in total. The van der Waals surface area contributed by atoms with Crippen molar-refractivity contribution in [1.29, 1.82) is 0 Å². The fraction of sp³-hybridized carbons (Fsp3) is 0.381. The molecular weight excluding hydrogens is 360 g/mol. The van der Waals surface area contributed by atoms with Crippen molar-refractivity contribution in [2.45, 2.75) is 31.8 Å². The van der Waals surface area contributed by atoms with Gasteiger partial charge in [-0.2, -0.15) is 0 Å². The summed E-state index contributed by atoms with van der Waals surface area (Å²) in [5.41, 5.74) is 0.238. The van der Waals surface area contributed by atoms with Crippen LogP contribution in [0.25, 0.3) is 0 Å². The lowest BCUT2D eigenvalue weighted by Crippen LogP contribution is -2.55. The van der Waals surface area contributed by atoms with Crippen LogP contribution in [0.5, 0.6) is 0 Å². The molecule has 0 radical (unpaired) electrons. The molecule has 2 fully saturated rings. The van der Waals surface area contributed by atoms with Crippen LogP contribution in [0.1, 0.15) is 30.7 Å². The van der Waals surface area contributed by atoms with Gasteiger partial charge in [-0.1, -0.05) is 24.6 Å². The monoisotopic (exact) mass is 382 g/mol. The van der Waals surface area contributed by atoms with Crippen LogP contribution in [0.15, 0.2) is 47.1 Å². The number of esters is 1. The average Bonchev–Trinajstić information content (AvgIpc) is 3.39. The molecule has 3 heterocycles. The molecular formula is C21H22N2O5. The molecule has 4 atom stereocenters.